The molecule has 22 rings (SSSR count). The van der Waals surface area contributed by atoms with Crippen LogP contribution in [0.2, 0.25) is 5.28 Å². The third-order valence-corrected chi connectivity index (χ3v) is 32.6. The van der Waals surface area contributed by atoms with Crippen LogP contribution < -0.4 is 41.2 Å². The Labute approximate surface area is 793 Å². The predicted molar refractivity (Wildman–Crippen MR) is 530 cm³/mol. The normalized spacial score (nSPS) is 20.5. The van der Waals surface area contributed by atoms with Gasteiger partial charge in [0.15, 0.2) is 0 Å². The number of anilines is 5. The van der Waals surface area contributed by atoms with E-state index in [0.717, 1.165) is 127 Å². The molecule has 5 aliphatic heterocycles. The first-order chi connectivity index (χ1) is 66.0. The molecule has 5 aromatic carbocycles. The number of aromatic amines is 1. The van der Waals surface area contributed by atoms with E-state index in [1.165, 1.54) is 105 Å². The number of pyridine rings is 3. The lowest BCUT2D eigenvalue weighted by Gasteiger charge is -2.43. The predicted octanol–water partition coefficient (Wildman–Crippen LogP) is 13.9. The van der Waals surface area contributed by atoms with Crippen molar-refractivity contribution in [2.24, 2.45) is 38.9 Å². The average Bonchev–Trinajstić information content (AvgIpc) is 1.65. The molecule has 0 unspecified atom stereocenters. The number of H-pyrrole nitrogens is 1. The maximum Gasteiger partial charge on any atom is 0.275 e. The highest BCUT2D eigenvalue weighted by molar-refractivity contribution is 7.90. The lowest BCUT2D eigenvalue weighted by Crippen LogP contribution is -2.51. The first kappa shape index (κ1) is 92.2. The van der Waals surface area contributed by atoms with Crippen LogP contribution in [0, 0.1) is 31.6 Å². The van der Waals surface area contributed by atoms with E-state index in [1.807, 2.05) is 62.6 Å². The van der Waals surface area contributed by atoms with E-state index in [0.29, 0.717) is 138 Å². The molecular weight excluding hydrogens is 1790 g/mol. The SMILES string of the molecule is Cc1ccc(S(=O)(=O)n2ccc3c(-c4ccc5nc(Cl)nc(N6CCOC[C@@H]6C6CCCCC6)c5c4)cn(C)c(=O)c32)cc1.Cc1ccc(S(=O)(=O)n2ccc3c(-c4ccc5nc(N6CCO[C@H](CO)C6)nc(N6CCOC[C@@H]6C6CCCCC6)c5c4)cn(C)c(=O)c32)cc1.Cn1cc(-c2ccc3nc(N4CCO[C@H](CO)C4)nc(N4CCOC[C@@H]4C4CCCCC4)c3c2)c2cc[nH]c2c1=O. The number of aryl methyl sites for hydroxylation is 5. The zero-order chi connectivity index (χ0) is 93.8. The molecule has 8 fully saturated rings. The molecule has 0 radical (unpaired) electrons. The van der Waals surface area contributed by atoms with Crippen LogP contribution >= 0.6 is 11.6 Å². The highest BCUT2D eigenvalue weighted by atomic mass is 35.5. The Hall–Kier alpha value is -11.5. The number of rotatable bonds is 17. The summed E-state index contributed by atoms with van der Waals surface area (Å²) in [6, 6.07) is 37.5. The third-order valence-electron chi connectivity index (χ3n) is 29.1. The van der Waals surface area contributed by atoms with Crippen molar-refractivity contribution >= 4 is 126 Å². The van der Waals surface area contributed by atoms with E-state index in [1.54, 1.807) is 98.8 Å². The van der Waals surface area contributed by atoms with Crippen molar-refractivity contribution < 1.29 is 50.7 Å². The first-order valence-electron chi connectivity index (χ1n) is 47.9. The summed E-state index contributed by atoms with van der Waals surface area (Å²) >= 11 is 6.48. The number of ether oxygens (including phenoxy) is 5. The number of fused-ring (bicyclic) bond motifs is 6. The lowest BCUT2D eigenvalue weighted by atomic mass is 9.83. The Kier molecular flexibility index (Phi) is 26.6. The summed E-state index contributed by atoms with van der Waals surface area (Å²) in [6.45, 7) is 13.1. The smallest absolute Gasteiger partial charge is 0.275 e. The van der Waals surface area contributed by atoms with Crippen LogP contribution in [0.4, 0.5) is 29.4 Å². The number of aromatic nitrogens is 12. The molecule has 31 nitrogen and oxygen atoms in total. The monoisotopic (exact) mass is 1900 g/mol. The molecule has 8 aliphatic rings. The third kappa shape index (κ3) is 18.1. The Morgan fingerprint density at radius 2 is 0.779 bits per heavy atom. The molecule has 5 atom stereocenters. The number of benzene rings is 5. The molecule has 5 saturated heterocycles. The maximum atomic E-state index is 13.8. The highest BCUT2D eigenvalue weighted by Gasteiger charge is 2.40. The lowest BCUT2D eigenvalue weighted by molar-refractivity contribution is 0.00314. The summed E-state index contributed by atoms with van der Waals surface area (Å²) in [7, 11) is -2.97. The molecule has 136 heavy (non-hydrogen) atoms. The van der Waals surface area contributed by atoms with E-state index >= 15 is 0 Å². The molecular formula is C102H116ClN17O14S2. The number of hydrogen-bond donors (Lipinski definition) is 3. The quantitative estimate of drug-likeness (QED) is 0.0713. The van der Waals surface area contributed by atoms with Crippen LogP contribution in [0.15, 0.2) is 183 Å². The molecule has 3 aliphatic carbocycles. The second-order valence-corrected chi connectivity index (χ2v) is 41.6. The van der Waals surface area contributed by atoms with Crippen molar-refractivity contribution in [1.29, 1.82) is 0 Å². The van der Waals surface area contributed by atoms with Crippen molar-refractivity contribution in [2.45, 2.75) is 150 Å². The van der Waals surface area contributed by atoms with Gasteiger partial charge in [-0.05, 0) is 177 Å². The summed E-state index contributed by atoms with van der Waals surface area (Å²) in [5, 5.41) is 24.5. The van der Waals surface area contributed by atoms with Crippen molar-refractivity contribution in [3.63, 3.8) is 0 Å². The molecule has 0 bridgehead atoms. The van der Waals surface area contributed by atoms with E-state index in [4.69, 9.17) is 60.2 Å². The van der Waals surface area contributed by atoms with Gasteiger partial charge in [-0.2, -0.15) is 15.0 Å². The Morgan fingerprint density at radius 1 is 0.412 bits per heavy atom. The van der Waals surface area contributed by atoms with Crippen LogP contribution in [-0.4, -0.2) is 226 Å². The standard InChI is InChI=1S/C38H44N6O6S.C33H34ClN5O4S.C31H38N6O4/c1-25-8-11-29(12-9-25)51(47,48)44-15-14-30-32(22-41(2)37(46)35(30)44)27-10-13-33-31(20-27)36(40-38(39-33)42-16-19-50-28(21-42)23-45)43-17-18-49-24-34(43)26-6-4-3-5-7-26;1-21-8-11-24(12-9-21)44(41,42)39-15-14-25-27(19-37(2)32(40)30(25)39)23-10-13-28-26(18-23)31(36-33(34)35-28)38-16-17-43-20-29(38)22-6-4-3-5-7-22;1-35-17-25(23-9-10-32-28(23)30(35)39)21-7-8-26-24(15-21)29(34-31(33-26)36-11-14-41-22(16-36)18-38)37-12-13-40-19-27(37)20-5-3-2-4-6-20/h8-15,20,22,26,28,34,45H,3-7,16-19,21,23-24H2,1-2H3;8-15,18-19,22,29H,3-7,16-17,20H2,1-2H3;7-10,15,17,20,22,27,32,38H,2-6,11-14,16,18-19H2,1H3/t28-,34+;29-;22-,27+/m010/s1. The van der Waals surface area contributed by atoms with Gasteiger partial charge in [-0.25, -0.2) is 39.7 Å². The molecule has 3 N–H and O–H groups in total. The number of aliphatic hydroxyl groups is 2. The molecule has 3 saturated carbocycles. The number of nitrogens with zero attached hydrogens (tertiary/aromatic N) is 16. The number of nitrogens with one attached hydrogen (secondary N) is 1. The van der Waals surface area contributed by atoms with Crippen LogP contribution in [0.5, 0.6) is 0 Å². The summed E-state index contributed by atoms with van der Waals surface area (Å²) in [6.07, 6.45) is 28.0. The van der Waals surface area contributed by atoms with E-state index in [-0.39, 0.29) is 75.2 Å². The fourth-order valence-electron chi connectivity index (χ4n) is 21.8. The Bertz CT molecular complexity index is 7250. The molecule has 9 aromatic heterocycles. The second kappa shape index (κ2) is 39.2. The van der Waals surface area contributed by atoms with Gasteiger partial charge in [-0.1, -0.05) is 111 Å². The van der Waals surface area contributed by atoms with Gasteiger partial charge < -0.3 is 77.1 Å². The molecule has 0 amide bonds. The second-order valence-electron chi connectivity index (χ2n) is 37.7. The summed E-state index contributed by atoms with van der Waals surface area (Å²) in [4.78, 5) is 84.5. The van der Waals surface area contributed by atoms with Gasteiger partial charge in [0.25, 0.3) is 36.7 Å². The fraction of sp³-hybridized carbons (Fsp3) is 0.441. The van der Waals surface area contributed by atoms with Gasteiger partial charge >= 0.3 is 0 Å². The van der Waals surface area contributed by atoms with Gasteiger partial charge in [0.1, 0.15) is 34.0 Å². The maximum absolute atomic E-state index is 13.8. The molecule has 712 valence electrons. The Balaban J connectivity index is 0.000000127. The number of aliphatic hydroxyl groups excluding tert-OH is 2. The summed E-state index contributed by atoms with van der Waals surface area (Å²) in [5.41, 5.74) is 9.33. The van der Waals surface area contributed by atoms with E-state index < -0.39 is 31.2 Å². The van der Waals surface area contributed by atoms with Crippen LogP contribution in [0.25, 0.3) is 98.8 Å². The van der Waals surface area contributed by atoms with Gasteiger partial charge in [0, 0.05) is 153 Å². The van der Waals surface area contributed by atoms with E-state index in [9.17, 15) is 41.4 Å². The largest absolute Gasteiger partial charge is 0.394 e. The van der Waals surface area contributed by atoms with Crippen LogP contribution in [0.1, 0.15) is 107 Å². The first-order valence-corrected chi connectivity index (χ1v) is 51.1. The molecule has 0 spiro atoms. The van der Waals surface area contributed by atoms with Crippen molar-refractivity contribution in [3.05, 3.63) is 206 Å². The number of hydrogen-bond acceptors (Lipinski definition) is 25. The van der Waals surface area contributed by atoms with Gasteiger partial charge in [0.2, 0.25) is 17.2 Å². The van der Waals surface area contributed by atoms with Crippen LogP contribution in [-0.2, 0) is 64.9 Å². The number of morpholine rings is 5. The topological polar surface area (TPSA) is 340 Å². The fourth-order valence-corrected chi connectivity index (χ4v) is 24.7. The Morgan fingerprint density at radius 3 is 1.17 bits per heavy atom. The van der Waals surface area contributed by atoms with Crippen molar-refractivity contribution in [2.75, 3.05) is 136 Å². The zero-order valence-electron chi connectivity index (χ0n) is 77.4. The minimum Gasteiger partial charge on any atom is -0.394 e. The van der Waals surface area contributed by atoms with Gasteiger partial charge in [0.05, 0.1) is 123 Å². The van der Waals surface area contributed by atoms with Gasteiger partial charge in [-0.15, -0.1) is 0 Å². The summed E-state index contributed by atoms with van der Waals surface area (Å²) < 4.78 is 91.3. The van der Waals surface area contributed by atoms with Gasteiger partial charge in [-0.3, -0.25) is 14.4 Å². The van der Waals surface area contributed by atoms with E-state index in [2.05, 4.69) is 58.7 Å². The average molecular weight is 1900 g/mol. The minimum atomic E-state index is -4.04. The molecule has 34 heteroatoms. The van der Waals surface area contributed by atoms with Crippen LogP contribution in [0.3, 0.4) is 0 Å². The minimum absolute atomic E-state index is 0.0271. The zero-order valence-corrected chi connectivity index (χ0v) is 79.8. The highest BCUT2D eigenvalue weighted by Crippen LogP contribution is 2.44. The molecule has 14 heterocycles. The summed E-state index contributed by atoms with van der Waals surface area (Å²) in [5.74, 6) is 5.42. The van der Waals surface area contributed by atoms with Crippen molar-refractivity contribution in [3.8, 4) is 33.4 Å². The number of halogens is 1. The molecule has 14 aromatic rings. The van der Waals surface area contributed by atoms with Crippen molar-refractivity contribution in [1.82, 2.24) is 56.5 Å².